The van der Waals surface area contributed by atoms with Gasteiger partial charge in [-0.2, -0.15) is 0 Å². The first kappa shape index (κ1) is 19.2. The summed E-state index contributed by atoms with van der Waals surface area (Å²) in [6, 6.07) is 9.67. The van der Waals surface area contributed by atoms with Gasteiger partial charge in [0, 0.05) is 25.0 Å². The SMILES string of the molecule is CCOC(=O)[C@@H]1[C@H](c2ccccc2)[C@@H](NC(=O)N2CCOCC2)[C@H]2CCCN21. The number of carbonyl (C=O) groups is 2. The van der Waals surface area contributed by atoms with Crippen molar-refractivity contribution in [1.82, 2.24) is 15.1 Å². The van der Waals surface area contributed by atoms with Crippen LogP contribution in [0, 0.1) is 0 Å². The van der Waals surface area contributed by atoms with Gasteiger partial charge >= 0.3 is 12.0 Å². The van der Waals surface area contributed by atoms with E-state index in [2.05, 4.69) is 10.2 Å². The van der Waals surface area contributed by atoms with Crippen molar-refractivity contribution in [1.29, 1.82) is 0 Å². The number of fused-ring (bicyclic) bond motifs is 1. The zero-order valence-electron chi connectivity index (χ0n) is 16.4. The maximum atomic E-state index is 12.9. The van der Waals surface area contributed by atoms with Crippen molar-refractivity contribution in [3.8, 4) is 0 Å². The van der Waals surface area contributed by atoms with Crippen LogP contribution in [0.15, 0.2) is 30.3 Å². The number of nitrogens with one attached hydrogen (secondary N) is 1. The summed E-state index contributed by atoms with van der Waals surface area (Å²) in [7, 11) is 0. The van der Waals surface area contributed by atoms with Gasteiger partial charge in [-0.05, 0) is 31.9 Å². The Morgan fingerprint density at radius 2 is 1.93 bits per heavy atom. The number of hydrogen-bond acceptors (Lipinski definition) is 5. The zero-order valence-corrected chi connectivity index (χ0v) is 16.4. The van der Waals surface area contributed by atoms with E-state index in [9.17, 15) is 9.59 Å². The maximum absolute atomic E-state index is 12.9. The van der Waals surface area contributed by atoms with Crippen LogP contribution < -0.4 is 5.32 Å². The highest BCUT2D eigenvalue weighted by Gasteiger charge is 2.55. The normalized spacial score (nSPS) is 30.1. The Bertz CT molecular complexity index is 692. The second-order valence-electron chi connectivity index (χ2n) is 7.66. The quantitative estimate of drug-likeness (QED) is 0.795. The molecule has 1 N–H and O–H groups in total. The molecule has 0 radical (unpaired) electrons. The smallest absolute Gasteiger partial charge is 0.324 e. The lowest BCUT2D eigenvalue weighted by Crippen LogP contribution is -2.52. The van der Waals surface area contributed by atoms with E-state index >= 15 is 0 Å². The molecule has 7 nitrogen and oxygen atoms in total. The number of ether oxygens (including phenoxy) is 2. The molecule has 3 aliphatic heterocycles. The summed E-state index contributed by atoms with van der Waals surface area (Å²) >= 11 is 0. The van der Waals surface area contributed by atoms with E-state index in [0.29, 0.717) is 32.9 Å². The fraction of sp³-hybridized carbons (Fsp3) is 0.619. The molecule has 0 saturated carbocycles. The largest absolute Gasteiger partial charge is 0.465 e. The van der Waals surface area contributed by atoms with Gasteiger partial charge in [0.15, 0.2) is 0 Å². The Morgan fingerprint density at radius 3 is 2.64 bits per heavy atom. The van der Waals surface area contributed by atoms with Crippen molar-refractivity contribution in [2.75, 3.05) is 39.5 Å². The third kappa shape index (κ3) is 3.61. The second kappa shape index (κ2) is 8.49. The van der Waals surface area contributed by atoms with Gasteiger partial charge in [0.2, 0.25) is 0 Å². The molecule has 3 heterocycles. The van der Waals surface area contributed by atoms with Gasteiger partial charge in [0.05, 0.1) is 25.9 Å². The average molecular weight is 387 g/mol. The van der Waals surface area contributed by atoms with Crippen LogP contribution in [-0.4, -0.2) is 79.4 Å². The third-order valence-electron chi connectivity index (χ3n) is 6.14. The van der Waals surface area contributed by atoms with Crippen LogP contribution in [0.25, 0.3) is 0 Å². The maximum Gasteiger partial charge on any atom is 0.324 e. The number of benzene rings is 1. The average Bonchev–Trinajstić information content (AvgIpc) is 3.31. The standard InChI is InChI=1S/C21H29N3O4/c1-2-28-20(25)19-17(15-7-4-3-5-8-15)18(16-9-6-10-24(16)19)22-21(26)23-11-13-27-14-12-23/h3-5,7-8,16-19H,2,6,9-14H2,1H3,(H,22,26)/t16-,17-,18+,19+/m1/s1. The number of nitrogens with zero attached hydrogens (tertiary/aromatic N) is 2. The topological polar surface area (TPSA) is 71.1 Å². The van der Waals surface area contributed by atoms with E-state index in [0.717, 1.165) is 24.9 Å². The first-order valence-corrected chi connectivity index (χ1v) is 10.3. The van der Waals surface area contributed by atoms with Gasteiger partial charge in [-0.15, -0.1) is 0 Å². The molecule has 4 rings (SSSR count). The molecule has 4 atom stereocenters. The number of urea groups is 1. The summed E-state index contributed by atoms with van der Waals surface area (Å²) < 4.78 is 10.8. The van der Waals surface area contributed by atoms with Crippen LogP contribution in [0.4, 0.5) is 4.79 Å². The minimum atomic E-state index is -0.357. The van der Waals surface area contributed by atoms with Gasteiger partial charge in [0.25, 0.3) is 0 Å². The van der Waals surface area contributed by atoms with Crippen LogP contribution in [-0.2, 0) is 14.3 Å². The van der Waals surface area contributed by atoms with Gasteiger partial charge in [-0.1, -0.05) is 30.3 Å². The third-order valence-corrected chi connectivity index (χ3v) is 6.14. The van der Waals surface area contributed by atoms with Crippen LogP contribution >= 0.6 is 0 Å². The molecule has 7 heteroatoms. The van der Waals surface area contributed by atoms with Crippen molar-refractivity contribution in [3.63, 3.8) is 0 Å². The Labute approximate surface area is 166 Å². The van der Waals surface area contributed by atoms with Gasteiger partial charge in [-0.3, -0.25) is 9.69 Å². The van der Waals surface area contributed by atoms with E-state index in [1.165, 1.54) is 0 Å². The minimum absolute atomic E-state index is 0.0643. The molecule has 0 aromatic heterocycles. The molecule has 152 valence electrons. The van der Waals surface area contributed by atoms with E-state index in [1.807, 2.05) is 42.2 Å². The highest BCUT2D eigenvalue weighted by Crippen LogP contribution is 2.43. The molecule has 1 aromatic carbocycles. The van der Waals surface area contributed by atoms with Crippen LogP contribution in [0.2, 0.25) is 0 Å². The van der Waals surface area contributed by atoms with E-state index < -0.39 is 0 Å². The lowest BCUT2D eigenvalue weighted by atomic mass is 9.85. The first-order chi connectivity index (χ1) is 13.7. The van der Waals surface area contributed by atoms with Crippen molar-refractivity contribution >= 4 is 12.0 Å². The number of hydrogen-bond donors (Lipinski definition) is 1. The Balaban J connectivity index is 1.63. The number of morpholine rings is 1. The summed E-state index contributed by atoms with van der Waals surface area (Å²) in [5.41, 5.74) is 1.07. The molecule has 2 amide bonds. The molecule has 0 spiro atoms. The van der Waals surface area contributed by atoms with Crippen molar-refractivity contribution in [3.05, 3.63) is 35.9 Å². The first-order valence-electron chi connectivity index (χ1n) is 10.3. The van der Waals surface area contributed by atoms with E-state index in [-0.39, 0.29) is 36.0 Å². The number of carbonyl (C=O) groups excluding carboxylic acids is 2. The van der Waals surface area contributed by atoms with Crippen molar-refractivity contribution in [2.45, 2.75) is 43.8 Å². The van der Waals surface area contributed by atoms with Crippen LogP contribution in [0.3, 0.4) is 0 Å². The molecular formula is C21H29N3O4. The molecular weight excluding hydrogens is 358 g/mol. The number of rotatable bonds is 4. The lowest BCUT2D eigenvalue weighted by molar-refractivity contribution is -0.149. The van der Waals surface area contributed by atoms with Crippen LogP contribution in [0.5, 0.6) is 0 Å². The predicted molar refractivity (Wildman–Crippen MR) is 104 cm³/mol. The molecule has 28 heavy (non-hydrogen) atoms. The molecule has 0 unspecified atom stereocenters. The number of esters is 1. The monoisotopic (exact) mass is 387 g/mol. The predicted octanol–water partition coefficient (Wildman–Crippen LogP) is 1.59. The summed E-state index contributed by atoms with van der Waals surface area (Å²) in [5.74, 6) is -0.304. The second-order valence-corrected chi connectivity index (χ2v) is 7.66. The minimum Gasteiger partial charge on any atom is -0.465 e. The van der Waals surface area contributed by atoms with E-state index in [4.69, 9.17) is 9.47 Å². The molecule has 3 aliphatic rings. The van der Waals surface area contributed by atoms with Crippen molar-refractivity contribution in [2.24, 2.45) is 0 Å². The Morgan fingerprint density at radius 1 is 1.18 bits per heavy atom. The lowest BCUT2D eigenvalue weighted by Gasteiger charge is -2.32. The van der Waals surface area contributed by atoms with Gasteiger partial charge < -0.3 is 19.7 Å². The number of amides is 2. The van der Waals surface area contributed by atoms with Crippen molar-refractivity contribution < 1.29 is 19.1 Å². The molecule has 3 fully saturated rings. The summed E-state index contributed by atoms with van der Waals surface area (Å²) in [6.45, 7) is 5.40. The zero-order chi connectivity index (χ0) is 19.5. The highest BCUT2D eigenvalue weighted by atomic mass is 16.5. The highest BCUT2D eigenvalue weighted by molar-refractivity contribution is 5.80. The molecule has 0 aliphatic carbocycles. The van der Waals surface area contributed by atoms with Gasteiger partial charge in [0.1, 0.15) is 6.04 Å². The molecule has 0 bridgehead atoms. The summed E-state index contributed by atoms with van der Waals surface area (Å²) in [6.07, 6.45) is 2.01. The molecule has 1 aromatic rings. The Hall–Kier alpha value is -2.12. The fourth-order valence-corrected chi connectivity index (χ4v) is 4.95. The molecule has 3 saturated heterocycles. The van der Waals surface area contributed by atoms with Gasteiger partial charge in [-0.25, -0.2) is 4.79 Å². The summed E-state index contributed by atoms with van der Waals surface area (Å²) in [4.78, 5) is 29.9. The fourth-order valence-electron chi connectivity index (χ4n) is 4.95. The van der Waals surface area contributed by atoms with E-state index in [1.54, 1.807) is 0 Å². The Kier molecular flexibility index (Phi) is 5.82. The van der Waals surface area contributed by atoms with Crippen LogP contribution in [0.1, 0.15) is 31.2 Å². The summed E-state index contributed by atoms with van der Waals surface area (Å²) in [5, 5.41) is 3.28.